The van der Waals surface area contributed by atoms with E-state index < -0.39 is 6.10 Å². The van der Waals surface area contributed by atoms with Crippen LogP contribution in [0.5, 0.6) is 0 Å². The van der Waals surface area contributed by atoms with Crippen LogP contribution in [0.3, 0.4) is 0 Å². The summed E-state index contributed by atoms with van der Waals surface area (Å²) in [5.74, 6) is 0. The Balaban J connectivity index is 2.89. The zero-order chi connectivity index (χ0) is 11.9. The van der Waals surface area contributed by atoms with Gasteiger partial charge < -0.3 is 5.11 Å². The molecule has 3 heteroatoms. The van der Waals surface area contributed by atoms with Gasteiger partial charge in [0.1, 0.15) is 0 Å². The SMILES string of the molecule is Cc1cc(C(C)O)c2cc(Cl)cc(C)c2n1. The van der Waals surface area contributed by atoms with Gasteiger partial charge in [0.05, 0.1) is 11.6 Å². The average Bonchev–Trinajstić information content (AvgIpc) is 2.18. The lowest BCUT2D eigenvalue weighted by molar-refractivity contribution is 0.200. The van der Waals surface area contributed by atoms with Gasteiger partial charge in [0, 0.05) is 16.1 Å². The molecule has 1 atom stereocenters. The summed E-state index contributed by atoms with van der Waals surface area (Å²) in [6, 6.07) is 5.66. The quantitative estimate of drug-likeness (QED) is 0.820. The van der Waals surface area contributed by atoms with Gasteiger partial charge in [0.25, 0.3) is 0 Å². The summed E-state index contributed by atoms with van der Waals surface area (Å²) in [6.07, 6.45) is -0.512. The van der Waals surface area contributed by atoms with Crippen LogP contribution in [0.15, 0.2) is 18.2 Å². The maximum atomic E-state index is 9.76. The number of aliphatic hydroxyl groups is 1. The van der Waals surface area contributed by atoms with Gasteiger partial charge in [-0.05, 0) is 50.1 Å². The van der Waals surface area contributed by atoms with Gasteiger partial charge >= 0.3 is 0 Å². The monoisotopic (exact) mass is 235 g/mol. The summed E-state index contributed by atoms with van der Waals surface area (Å²) in [6.45, 7) is 5.66. The molecule has 0 aliphatic heterocycles. The lowest BCUT2D eigenvalue weighted by Gasteiger charge is -2.12. The van der Waals surface area contributed by atoms with Crippen LogP contribution in [0, 0.1) is 13.8 Å². The van der Waals surface area contributed by atoms with Gasteiger partial charge in [0.15, 0.2) is 0 Å². The normalized spacial score (nSPS) is 13.1. The molecule has 0 aliphatic carbocycles. The van der Waals surface area contributed by atoms with Gasteiger partial charge in [0.2, 0.25) is 0 Å². The highest BCUT2D eigenvalue weighted by atomic mass is 35.5. The Hall–Kier alpha value is -1.12. The second-order valence-electron chi connectivity index (χ2n) is 4.15. The molecule has 1 unspecified atom stereocenters. The lowest BCUT2D eigenvalue weighted by atomic mass is 10.0. The van der Waals surface area contributed by atoms with Crippen molar-refractivity contribution in [2.24, 2.45) is 0 Å². The molecule has 0 saturated heterocycles. The number of aromatic nitrogens is 1. The van der Waals surface area contributed by atoms with Crippen molar-refractivity contribution in [2.75, 3.05) is 0 Å². The molecule has 1 aromatic heterocycles. The Bertz CT molecular complexity index is 549. The standard InChI is InChI=1S/C13H14ClNO/c1-7-4-10(14)6-12-11(9(3)16)5-8(2)15-13(7)12/h4-6,9,16H,1-3H3. The number of fused-ring (bicyclic) bond motifs is 1. The van der Waals surface area contributed by atoms with Crippen molar-refractivity contribution in [1.29, 1.82) is 0 Å². The predicted molar refractivity (Wildman–Crippen MR) is 66.9 cm³/mol. The van der Waals surface area contributed by atoms with Crippen molar-refractivity contribution in [2.45, 2.75) is 26.9 Å². The van der Waals surface area contributed by atoms with Crippen LogP contribution < -0.4 is 0 Å². The molecule has 0 bridgehead atoms. The van der Waals surface area contributed by atoms with Gasteiger partial charge in [-0.25, -0.2) is 0 Å². The first kappa shape index (κ1) is 11.4. The topological polar surface area (TPSA) is 33.1 Å². The van der Waals surface area contributed by atoms with Crippen molar-refractivity contribution in [1.82, 2.24) is 4.98 Å². The van der Waals surface area contributed by atoms with Crippen LogP contribution in [-0.4, -0.2) is 10.1 Å². The van der Waals surface area contributed by atoms with E-state index in [9.17, 15) is 5.11 Å². The predicted octanol–water partition coefficient (Wildman–Crippen LogP) is 3.56. The number of pyridine rings is 1. The molecule has 0 spiro atoms. The highest BCUT2D eigenvalue weighted by Gasteiger charge is 2.11. The second kappa shape index (κ2) is 4.04. The third-order valence-corrected chi connectivity index (χ3v) is 2.90. The van der Waals surface area contributed by atoms with Gasteiger partial charge in [-0.15, -0.1) is 0 Å². The zero-order valence-electron chi connectivity index (χ0n) is 9.58. The average molecular weight is 236 g/mol. The van der Waals surface area contributed by atoms with Crippen molar-refractivity contribution in [3.8, 4) is 0 Å². The maximum absolute atomic E-state index is 9.76. The summed E-state index contributed by atoms with van der Waals surface area (Å²) in [5, 5.41) is 11.4. The van der Waals surface area contributed by atoms with E-state index in [-0.39, 0.29) is 0 Å². The first-order valence-corrected chi connectivity index (χ1v) is 5.62. The Morgan fingerprint density at radius 2 is 1.94 bits per heavy atom. The Labute approximate surface area is 99.9 Å². The number of aryl methyl sites for hydroxylation is 2. The molecule has 0 radical (unpaired) electrons. The largest absolute Gasteiger partial charge is 0.389 e. The molecule has 1 heterocycles. The van der Waals surface area contributed by atoms with E-state index >= 15 is 0 Å². The number of benzene rings is 1. The summed E-state index contributed by atoms with van der Waals surface area (Å²) < 4.78 is 0. The summed E-state index contributed by atoms with van der Waals surface area (Å²) in [5.41, 5.74) is 3.75. The van der Waals surface area contributed by atoms with Crippen molar-refractivity contribution in [3.63, 3.8) is 0 Å². The third kappa shape index (κ3) is 1.91. The first-order chi connectivity index (χ1) is 7.49. The molecule has 2 aromatic rings. The smallest absolute Gasteiger partial charge is 0.0769 e. The molecule has 0 amide bonds. The Morgan fingerprint density at radius 1 is 1.25 bits per heavy atom. The fraction of sp³-hybridized carbons (Fsp3) is 0.308. The number of hydrogen-bond acceptors (Lipinski definition) is 2. The van der Waals surface area contributed by atoms with Crippen LogP contribution in [0.25, 0.3) is 10.9 Å². The van der Waals surface area contributed by atoms with Crippen LogP contribution in [-0.2, 0) is 0 Å². The van der Waals surface area contributed by atoms with E-state index in [0.29, 0.717) is 5.02 Å². The third-order valence-electron chi connectivity index (χ3n) is 2.68. The van der Waals surface area contributed by atoms with E-state index in [2.05, 4.69) is 4.98 Å². The van der Waals surface area contributed by atoms with Gasteiger partial charge in [-0.2, -0.15) is 0 Å². The van der Waals surface area contributed by atoms with E-state index in [0.717, 1.165) is 27.7 Å². The van der Waals surface area contributed by atoms with Gasteiger partial charge in [-0.3, -0.25) is 4.98 Å². The molecule has 16 heavy (non-hydrogen) atoms. The molecule has 2 nitrogen and oxygen atoms in total. The molecule has 1 N–H and O–H groups in total. The van der Waals surface area contributed by atoms with E-state index in [1.807, 2.05) is 32.0 Å². The number of nitrogens with zero attached hydrogens (tertiary/aromatic N) is 1. The van der Waals surface area contributed by atoms with Crippen LogP contribution in [0.2, 0.25) is 5.02 Å². The molecule has 0 saturated carbocycles. The second-order valence-corrected chi connectivity index (χ2v) is 4.58. The minimum Gasteiger partial charge on any atom is -0.389 e. The number of hydrogen-bond donors (Lipinski definition) is 1. The van der Waals surface area contributed by atoms with Crippen molar-refractivity contribution >= 4 is 22.5 Å². The molecule has 0 aliphatic rings. The fourth-order valence-electron chi connectivity index (χ4n) is 1.96. The molecule has 0 fully saturated rings. The van der Waals surface area contributed by atoms with E-state index in [1.54, 1.807) is 6.92 Å². The van der Waals surface area contributed by atoms with Crippen molar-refractivity contribution in [3.05, 3.63) is 40.0 Å². The molecule has 1 aromatic carbocycles. The van der Waals surface area contributed by atoms with E-state index in [4.69, 9.17) is 11.6 Å². The highest BCUT2D eigenvalue weighted by molar-refractivity contribution is 6.31. The summed E-state index contributed by atoms with van der Waals surface area (Å²) >= 11 is 6.03. The maximum Gasteiger partial charge on any atom is 0.0769 e. The van der Waals surface area contributed by atoms with Crippen LogP contribution in [0.4, 0.5) is 0 Å². The van der Waals surface area contributed by atoms with Crippen LogP contribution in [0.1, 0.15) is 29.8 Å². The fourth-order valence-corrected chi connectivity index (χ4v) is 2.23. The molecular formula is C13H14ClNO. The van der Waals surface area contributed by atoms with Gasteiger partial charge in [-0.1, -0.05) is 11.6 Å². The minimum absolute atomic E-state index is 0.512. The first-order valence-electron chi connectivity index (χ1n) is 5.24. The number of aliphatic hydroxyl groups excluding tert-OH is 1. The van der Waals surface area contributed by atoms with E-state index in [1.165, 1.54) is 0 Å². The lowest BCUT2D eigenvalue weighted by Crippen LogP contribution is -1.97. The Kier molecular flexibility index (Phi) is 2.87. The molecule has 84 valence electrons. The number of halogens is 1. The Morgan fingerprint density at radius 3 is 2.56 bits per heavy atom. The molecule has 2 rings (SSSR count). The minimum atomic E-state index is -0.512. The van der Waals surface area contributed by atoms with Crippen molar-refractivity contribution < 1.29 is 5.11 Å². The summed E-state index contributed by atoms with van der Waals surface area (Å²) in [4.78, 5) is 4.49. The summed E-state index contributed by atoms with van der Waals surface area (Å²) in [7, 11) is 0. The highest BCUT2D eigenvalue weighted by Crippen LogP contribution is 2.28. The number of rotatable bonds is 1. The zero-order valence-corrected chi connectivity index (χ0v) is 10.3. The molecular weight excluding hydrogens is 222 g/mol. The van der Waals surface area contributed by atoms with Crippen LogP contribution >= 0.6 is 11.6 Å².